The number of carbonyl (C=O) groups is 16. The van der Waals surface area contributed by atoms with Crippen LogP contribution in [0.15, 0.2) is 146 Å². The molecule has 16 atom stereocenters. The summed E-state index contributed by atoms with van der Waals surface area (Å²) in [7, 11) is 1.41. The number of aliphatic carboxylic acids is 1. The van der Waals surface area contributed by atoms with Gasteiger partial charge in [-0.25, -0.2) is 4.79 Å². The summed E-state index contributed by atoms with van der Waals surface area (Å²) in [6, 6.07) is 13.4. The summed E-state index contributed by atoms with van der Waals surface area (Å²) in [5, 5.41) is 88.6. The number of unbranched alkanes of at least 4 members (excludes halogenated alkanes) is 2. The normalized spacial score (nSPS) is 22.8. The number of aromatic nitrogens is 1. The maximum Gasteiger partial charge on any atom is 0.327 e. The number of fused-ring (bicyclic) bond motifs is 1. The molecule has 6 aromatic rings. The molecular formula is C85H113N19O21S2. The van der Waals surface area contributed by atoms with Gasteiger partial charge in [-0.15, -0.1) is 0 Å². The third-order valence-electron chi connectivity index (χ3n) is 20.3. The molecule has 42 heteroatoms. The van der Waals surface area contributed by atoms with E-state index in [1.807, 2.05) is 0 Å². The smallest absolute Gasteiger partial charge is 0.327 e. The molecule has 7 rings (SSSR count). The van der Waals surface area contributed by atoms with Crippen LogP contribution in [0.3, 0.4) is 0 Å². The second kappa shape index (κ2) is 51.8. The van der Waals surface area contributed by atoms with Crippen molar-refractivity contribution in [3.63, 3.8) is 0 Å². The van der Waals surface area contributed by atoms with Crippen LogP contribution in [0.1, 0.15) is 93.5 Å². The third-order valence-corrected chi connectivity index (χ3v) is 22.8. The van der Waals surface area contributed by atoms with Gasteiger partial charge in [0.25, 0.3) is 0 Å². The van der Waals surface area contributed by atoms with Crippen LogP contribution in [0.5, 0.6) is 5.75 Å². The fraction of sp³-hybridized carbons (Fsp3) is 0.435. The quantitative estimate of drug-likeness (QED) is 0.0149. The predicted molar refractivity (Wildman–Crippen MR) is 469 cm³/mol. The third kappa shape index (κ3) is 33.4. The highest BCUT2D eigenvalue weighted by Gasteiger charge is 2.40. The van der Waals surface area contributed by atoms with Gasteiger partial charge in [0.1, 0.15) is 84.3 Å². The first-order chi connectivity index (χ1) is 60.6. The Labute approximate surface area is 739 Å². The number of carbonyl (C=O) groups excluding carboxylic acids is 15. The number of amides is 15. The lowest BCUT2D eigenvalue weighted by atomic mass is 10.00. The second-order valence-corrected chi connectivity index (χ2v) is 33.1. The number of phenols is 1. The van der Waals surface area contributed by atoms with Gasteiger partial charge < -0.3 is 128 Å². The molecule has 0 bridgehead atoms. The van der Waals surface area contributed by atoms with E-state index in [4.69, 9.17) is 22.9 Å². The van der Waals surface area contributed by atoms with Crippen molar-refractivity contribution in [2.24, 2.45) is 22.9 Å². The highest BCUT2D eigenvalue weighted by molar-refractivity contribution is 8.76. The molecule has 686 valence electrons. The van der Waals surface area contributed by atoms with Crippen molar-refractivity contribution >= 4 is 127 Å². The molecule has 1 fully saturated rings. The fourth-order valence-corrected chi connectivity index (χ4v) is 15.6. The molecule has 40 nitrogen and oxygen atoms in total. The van der Waals surface area contributed by atoms with Gasteiger partial charge in [0.15, 0.2) is 0 Å². The van der Waals surface area contributed by atoms with E-state index in [-0.39, 0.29) is 83.0 Å². The van der Waals surface area contributed by atoms with Crippen molar-refractivity contribution in [1.29, 1.82) is 0 Å². The van der Waals surface area contributed by atoms with Crippen molar-refractivity contribution in [3.8, 4) is 5.75 Å². The standard InChI is InChI=1S/C85H113N19O21S2/c1-46(92-73(112)56(88)35-52-29-31-54(108)32-30-52)72(111)91-42-69(110)93-66-44-126-127-45-67(85(124)125)102-81(120)65(43-105)101-84(123)71(48(3)107)104-80(119)62(38-51-23-11-6-12-24-51)100-83(122)70(47(2)106)103-75(114)59(28-16-18-34-87)94-78(117)63(39-53-41-90-57-26-14-13-25-55(53)57)98-77(116)61(37-50-21-9-5-10-22-50)96-76(115)60(36-49-19-7-4-8-20-49)97-79(118)64(40-68(89)109)99-74(113)58(95-82(66)121)27-15-17-33-86/h4-14,19-26,29-32,41,46-48,56,58-67,70-71,90,105-108H,15-18,27-28,33-40,42-45,86-88H2,1-3H3,(H2,89,109)(H,91,111)(H,92,112)(H,93,110)(H,94,117)(H,95,121)(H,96,115)(H,97,118)(H,98,116)(H,99,113)(H,100,122)(H,101,123)(H,102,120)(H,103,114)(H,104,119)(H,124,125)/t46-,47+,48+,56-,58?,59-,60?,61-,62?,63-,64-,65?,66-,67-,70-,71-/m0/s1. The number of hydrogen-bond donors (Lipinski definition) is 24. The lowest BCUT2D eigenvalue weighted by Crippen LogP contribution is -2.63. The van der Waals surface area contributed by atoms with Gasteiger partial charge in [0.05, 0.1) is 37.8 Å². The number of phenolic OH excluding ortho intramolecular Hbond substituents is 1. The first-order valence-electron chi connectivity index (χ1n) is 41.2. The number of carboxylic acids is 1. The monoisotopic (exact) mass is 1800 g/mol. The summed E-state index contributed by atoms with van der Waals surface area (Å²) >= 11 is 0. The Morgan fingerprint density at radius 3 is 1.35 bits per heavy atom. The average Bonchev–Trinajstić information content (AvgIpc) is 1.65. The fourth-order valence-electron chi connectivity index (χ4n) is 13.3. The van der Waals surface area contributed by atoms with E-state index in [0.29, 0.717) is 55.9 Å². The number of aliphatic hydroxyl groups is 3. The minimum absolute atomic E-state index is 0.00424. The predicted octanol–water partition coefficient (Wildman–Crippen LogP) is -4.48. The Morgan fingerprint density at radius 2 is 0.874 bits per heavy atom. The summed E-state index contributed by atoms with van der Waals surface area (Å²) in [5.41, 5.74) is 26.7. The molecule has 0 saturated carbocycles. The maximum absolute atomic E-state index is 15.5. The molecule has 2 heterocycles. The summed E-state index contributed by atoms with van der Waals surface area (Å²) in [4.78, 5) is 233. The van der Waals surface area contributed by atoms with Crippen LogP contribution in [-0.2, 0) is 109 Å². The molecule has 1 saturated heterocycles. The summed E-state index contributed by atoms with van der Waals surface area (Å²) in [6.07, 6.45) is -3.80. The number of benzene rings is 5. The van der Waals surface area contributed by atoms with Gasteiger partial charge in [0.2, 0.25) is 88.6 Å². The maximum atomic E-state index is 15.5. The molecule has 1 aliphatic heterocycles. The first-order valence-corrected chi connectivity index (χ1v) is 43.7. The Hall–Kier alpha value is -12.6. The minimum Gasteiger partial charge on any atom is -0.508 e. The number of rotatable bonds is 30. The number of H-pyrrole nitrogens is 1. The van der Waals surface area contributed by atoms with E-state index in [9.17, 15) is 87.9 Å². The highest BCUT2D eigenvalue weighted by Crippen LogP contribution is 2.25. The molecule has 127 heavy (non-hydrogen) atoms. The molecular weight excluding hydrogens is 1690 g/mol. The van der Waals surface area contributed by atoms with Gasteiger partial charge in [0, 0.05) is 54.3 Å². The van der Waals surface area contributed by atoms with E-state index in [0.717, 1.165) is 24.6 Å². The van der Waals surface area contributed by atoms with Gasteiger partial charge in [-0.3, -0.25) is 71.9 Å². The van der Waals surface area contributed by atoms with E-state index < -0.39 is 222 Å². The van der Waals surface area contributed by atoms with Crippen LogP contribution in [0.2, 0.25) is 0 Å². The molecule has 0 radical (unpaired) electrons. The number of aliphatic hydroxyl groups excluding tert-OH is 3. The number of primary amides is 1. The highest BCUT2D eigenvalue weighted by atomic mass is 33.1. The van der Waals surface area contributed by atoms with Gasteiger partial charge in [-0.1, -0.05) is 143 Å². The topological polar surface area (TPSA) is 663 Å². The molecule has 0 spiro atoms. The van der Waals surface area contributed by atoms with Gasteiger partial charge >= 0.3 is 5.97 Å². The number of aromatic hydroxyl groups is 1. The van der Waals surface area contributed by atoms with Crippen LogP contribution in [-0.4, -0.2) is 260 Å². The molecule has 15 amide bonds. The molecule has 0 aliphatic carbocycles. The van der Waals surface area contributed by atoms with Gasteiger partial charge in [-0.2, -0.15) is 0 Å². The zero-order valence-corrected chi connectivity index (χ0v) is 71.8. The van der Waals surface area contributed by atoms with Crippen LogP contribution in [0.25, 0.3) is 10.9 Å². The summed E-state index contributed by atoms with van der Waals surface area (Å²) in [6.45, 7) is 1.59. The van der Waals surface area contributed by atoms with Gasteiger partial charge in [-0.05, 0) is 125 Å². The lowest BCUT2D eigenvalue weighted by molar-refractivity contribution is -0.142. The Bertz CT molecular complexity index is 4730. The largest absolute Gasteiger partial charge is 0.508 e. The zero-order valence-electron chi connectivity index (χ0n) is 70.2. The van der Waals surface area contributed by atoms with E-state index in [1.54, 1.807) is 134 Å². The molecule has 1 aromatic heterocycles. The van der Waals surface area contributed by atoms with Crippen molar-refractivity contribution in [2.75, 3.05) is 37.7 Å². The Balaban J connectivity index is 1.29. The molecule has 1 aliphatic rings. The number of aromatic amines is 1. The SMILES string of the molecule is C[C@H](NC(=O)[C@@H](N)Cc1ccc(O)cc1)C(=O)NCC(=O)N[C@H]1CSSC[C@@H](C(=O)O)NC(=O)C(CO)NC(=O)[C@H]([C@@H](C)O)NC(=O)C(Cc2ccccc2)NC(=O)[C@H]([C@@H](C)O)NC(=O)[C@H](CCCCN)NC(=O)[C@H](Cc2c[nH]c3ccccc23)NC(=O)[C@H](Cc2ccccc2)NC(=O)C(Cc2ccccc2)NC(=O)[C@H](CC(N)=O)NC(=O)C(CCCCN)NC1=O. The van der Waals surface area contributed by atoms with Crippen molar-refractivity contribution in [1.82, 2.24) is 79.4 Å². The molecule has 4 unspecified atom stereocenters. The Kier molecular flexibility index (Phi) is 41.4. The first kappa shape index (κ1) is 102. The zero-order chi connectivity index (χ0) is 92.8. The number of carboxylic acid groups (broad SMARTS) is 1. The second-order valence-electron chi connectivity index (χ2n) is 30.5. The minimum atomic E-state index is -2.01. The molecule has 28 N–H and O–H groups in total. The van der Waals surface area contributed by atoms with Crippen molar-refractivity contribution in [3.05, 3.63) is 174 Å². The number of hydrogen-bond acceptors (Lipinski definition) is 25. The van der Waals surface area contributed by atoms with Crippen LogP contribution in [0, 0.1) is 0 Å². The summed E-state index contributed by atoms with van der Waals surface area (Å²) < 4.78 is 0. The van der Waals surface area contributed by atoms with Crippen LogP contribution >= 0.6 is 21.6 Å². The van der Waals surface area contributed by atoms with E-state index >= 15 is 14.4 Å². The number of nitrogens with two attached hydrogens (primary N) is 4. The van der Waals surface area contributed by atoms with E-state index in [2.05, 4.69) is 79.4 Å². The van der Waals surface area contributed by atoms with Crippen molar-refractivity contribution < 1.29 is 102 Å². The van der Waals surface area contributed by atoms with Crippen molar-refractivity contribution in [2.45, 2.75) is 195 Å². The van der Waals surface area contributed by atoms with Crippen LogP contribution in [0.4, 0.5) is 0 Å². The Morgan fingerprint density at radius 1 is 0.465 bits per heavy atom. The number of nitrogens with one attached hydrogen (secondary N) is 15. The summed E-state index contributed by atoms with van der Waals surface area (Å²) in [5.74, 6) is -19.2. The van der Waals surface area contributed by atoms with E-state index in [1.165, 1.54) is 19.1 Å². The molecule has 5 aromatic carbocycles. The van der Waals surface area contributed by atoms with Crippen LogP contribution < -0.4 is 97.4 Å². The average molecular weight is 1800 g/mol. The lowest BCUT2D eigenvalue weighted by Gasteiger charge is -2.29. The number of para-hydroxylation sites is 1.